The molecule has 0 bridgehead atoms. The van der Waals surface area contributed by atoms with Gasteiger partial charge in [-0.3, -0.25) is 4.90 Å². The largest absolute Gasteiger partial charge is 0.371 e. The van der Waals surface area contributed by atoms with Crippen molar-refractivity contribution < 1.29 is 4.52 Å². The first-order chi connectivity index (χ1) is 14.3. The van der Waals surface area contributed by atoms with Crippen LogP contribution in [0.15, 0.2) is 59.1 Å². The number of fused-ring (bicyclic) bond motifs is 1. The minimum atomic E-state index is 0.726. The summed E-state index contributed by atoms with van der Waals surface area (Å²) in [5, 5.41) is 4.16. The lowest BCUT2D eigenvalue weighted by Crippen LogP contribution is -2.38. The molecule has 5 nitrogen and oxygen atoms in total. The highest BCUT2D eigenvalue weighted by Crippen LogP contribution is 2.30. The SMILES string of the molecule is c1ccc(Cc2noc(CN3CCC(CN4CCc5ccccc54)CC3)n2)cc1. The average Bonchev–Trinajstić information content (AvgIpc) is 3.37. The second-order valence-corrected chi connectivity index (χ2v) is 8.31. The second-order valence-electron chi connectivity index (χ2n) is 8.31. The molecule has 29 heavy (non-hydrogen) atoms. The predicted molar refractivity (Wildman–Crippen MR) is 114 cm³/mol. The Labute approximate surface area is 172 Å². The van der Waals surface area contributed by atoms with Crippen molar-refractivity contribution in [2.24, 2.45) is 5.92 Å². The number of hydrogen-bond donors (Lipinski definition) is 0. The minimum absolute atomic E-state index is 0.726. The number of likely N-dealkylation sites (tertiary alicyclic amines) is 1. The van der Waals surface area contributed by atoms with E-state index in [2.05, 4.69) is 56.3 Å². The van der Waals surface area contributed by atoms with Gasteiger partial charge < -0.3 is 9.42 Å². The van der Waals surface area contributed by atoms with Crippen molar-refractivity contribution in [3.05, 3.63) is 77.4 Å². The normalized spacial score (nSPS) is 17.6. The van der Waals surface area contributed by atoms with Crippen molar-refractivity contribution in [1.82, 2.24) is 15.0 Å². The Morgan fingerprint density at radius 3 is 2.59 bits per heavy atom. The molecule has 0 spiro atoms. The number of benzene rings is 2. The molecule has 3 aromatic rings. The highest BCUT2D eigenvalue weighted by Gasteiger charge is 2.25. The summed E-state index contributed by atoms with van der Waals surface area (Å²) in [6.07, 6.45) is 4.40. The summed E-state index contributed by atoms with van der Waals surface area (Å²) in [6.45, 7) is 5.34. The predicted octanol–water partition coefficient (Wildman–Crippen LogP) is 3.94. The molecule has 3 heterocycles. The zero-order chi connectivity index (χ0) is 19.5. The highest BCUT2D eigenvalue weighted by molar-refractivity contribution is 5.57. The maximum Gasteiger partial charge on any atom is 0.240 e. The molecule has 5 rings (SSSR count). The number of aromatic nitrogens is 2. The van der Waals surface area contributed by atoms with Crippen LogP contribution in [0.25, 0.3) is 0 Å². The Bertz CT molecular complexity index is 931. The van der Waals surface area contributed by atoms with Crippen molar-refractivity contribution in [2.75, 3.05) is 31.1 Å². The maximum absolute atomic E-state index is 5.50. The summed E-state index contributed by atoms with van der Waals surface area (Å²) in [5.74, 6) is 2.28. The van der Waals surface area contributed by atoms with E-state index in [0.717, 1.165) is 43.7 Å². The Morgan fingerprint density at radius 2 is 1.72 bits per heavy atom. The zero-order valence-electron chi connectivity index (χ0n) is 16.8. The first kappa shape index (κ1) is 18.4. The summed E-state index contributed by atoms with van der Waals surface area (Å²) in [5.41, 5.74) is 4.17. The summed E-state index contributed by atoms with van der Waals surface area (Å²) < 4.78 is 5.50. The summed E-state index contributed by atoms with van der Waals surface area (Å²) >= 11 is 0. The van der Waals surface area contributed by atoms with Crippen LogP contribution in [0.3, 0.4) is 0 Å². The van der Waals surface area contributed by atoms with Gasteiger partial charge in [0.25, 0.3) is 0 Å². The molecular formula is C24H28N4O. The van der Waals surface area contributed by atoms with Crippen LogP contribution in [0.5, 0.6) is 0 Å². The molecule has 0 radical (unpaired) electrons. The third-order valence-electron chi connectivity index (χ3n) is 6.24. The monoisotopic (exact) mass is 388 g/mol. The van der Waals surface area contributed by atoms with Gasteiger partial charge in [-0.05, 0) is 55.5 Å². The van der Waals surface area contributed by atoms with Gasteiger partial charge in [0, 0.05) is 25.2 Å². The van der Waals surface area contributed by atoms with E-state index in [4.69, 9.17) is 4.52 Å². The molecule has 0 aliphatic carbocycles. The van der Waals surface area contributed by atoms with Crippen molar-refractivity contribution >= 4 is 5.69 Å². The van der Waals surface area contributed by atoms with E-state index in [1.165, 1.54) is 49.2 Å². The zero-order valence-corrected chi connectivity index (χ0v) is 16.8. The van der Waals surface area contributed by atoms with E-state index in [9.17, 15) is 0 Å². The fraction of sp³-hybridized carbons (Fsp3) is 0.417. The summed E-state index contributed by atoms with van der Waals surface area (Å²) in [6, 6.07) is 19.2. The molecule has 2 aromatic carbocycles. The van der Waals surface area contributed by atoms with Crippen LogP contribution in [-0.4, -0.2) is 41.2 Å². The van der Waals surface area contributed by atoms with Crippen LogP contribution in [0, 0.1) is 5.92 Å². The standard InChI is InChI=1S/C24H28N4O/c1-2-6-19(7-3-1)16-23-25-24(29-26-23)18-27-13-10-20(11-14-27)17-28-15-12-21-8-4-5-9-22(21)28/h1-9,20H,10-18H2. The van der Waals surface area contributed by atoms with E-state index in [1.807, 2.05) is 18.2 Å². The van der Waals surface area contributed by atoms with Crippen LogP contribution in [0.2, 0.25) is 0 Å². The van der Waals surface area contributed by atoms with Crippen LogP contribution < -0.4 is 4.90 Å². The van der Waals surface area contributed by atoms with Gasteiger partial charge in [-0.15, -0.1) is 0 Å². The summed E-state index contributed by atoms with van der Waals surface area (Å²) in [7, 11) is 0. The molecule has 2 aliphatic rings. The van der Waals surface area contributed by atoms with Gasteiger partial charge in [0.2, 0.25) is 5.89 Å². The molecule has 5 heteroatoms. The Kier molecular flexibility index (Phi) is 5.31. The fourth-order valence-corrected chi connectivity index (χ4v) is 4.63. The van der Waals surface area contributed by atoms with Crippen molar-refractivity contribution in [3.63, 3.8) is 0 Å². The lowest BCUT2D eigenvalue weighted by Gasteiger charge is -2.33. The first-order valence-electron chi connectivity index (χ1n) is 10.7. The quantitative estimate of drug-likeness (QED) is 0.640. The average molecular weight is 389 g/mol. The van der Waals surface area contributed by atoms with Crippen LogP contribution in [0.1, 0.15) is 35.7 Å². The molecule has 1 aromatic heterocycles. The summed E-state index contributed by atoms with van der Waals surface area (Å²) in [4.78, 5) is 9.64. The molecular weight excluding hydrogens is 360 g/mol. The maximum atomic E-state index is 5.50. The van der Waals surface area contributed by atoms with Gasteiger partial charge in [0.05, 0.1) is 6.54 Å². The molecule has 2 aliphatic heterocycles. The van der Waals surface area contributed by atoms with E-state index >= 15 is 0 Å². The highest BCUT2D eigenvalue weighted by atomic mass is 16.5. The number of nitrogens with zero attached hydrogens (tertiary/aromatic N) is 4. The van der Waals surface area contributed by atoms with Gasteiger partial charge in [0.1, 0.15) is 0 Å². The molecule has 0 atom stereocenters. The number of anilines is 1. The molecule has 0 saturated carbocycles. The molecule has 150 valence electrons. The topological polar surface area (TPSA) is 45.4 Å². The Balaban J connectivity index is 1.10. The minimum Gasteiger partial charge on any atom is -0.371 e. The molecule has 1 fully saturated rings. The van der Waals surface area contributed by atoms with Crippen LogP contribution >= 0.6 is 0 Å². The molecule has 1 saturated heterocycles. The van der Waals surface area contributed by atoms with Crippen molar-refractivity contribution in [3.8, 4) is 0 Å². The van der Waals surface area contributed by atoms with E-state index in [-0.39, 0.29) is 0 Å². The Morgan fingerprint density at radius 1 is 0.931 bits per heavy atom. The number of hydrogen-bond acceptors (Lipinski definition) is 5. The lowest BCUT2D eigenvalue weighted by atomic mass is 9.96. The number of rotatable bonds is 6. The number of para-hydroxylation sites is 1. The van der Waals surface area contributed by atoms with Gasteiger partial charge >= 0.3 is 0 Å². The second kappa shape index (κ2) is 8.37. The number of piperidine rings is 1. The molecule has 0 unspecified atom stereocenters. The third kappa shape index (κ3) is 4.35. The first-order valence-corrected chi connectivity index (χ1v) is 10.7. The van der Waals surface area contributed by atoms with E-state index < -0.39 is 0 Å². The fourth-order valence-electron chi connectivity index (χ4n) is 4.63. The third-order valence-corrected chi connectivity index (χ3v) is 6.24. The van der Waals surface area contributed by atoms with Crippen LogP contribution in [0.4, 0.5) is 5.69 Å². The van der Waals surface area contributed by atoms with Gasteiger partial charge in [0.15, 0.2) is 5.82 Å². The van der Waals surface area contributed by atoms with Gasteiger partial charge in [-0.1, -0.05) is 53.7 Å². The van der Waals surface area contributed by atoms with Crippen molar-refractivity contribution in [2.45, 2.75) is 32.2 Å². The Hall–Kier alpha value is -2.66. The molecule has 0 amide bonds. The smallest absolute Gasteiger partial charge is 0.240 e. The van der Waals surface area contributed by atoms with Crippen LogP contribution in [-0.2, 0) is 19.4 Å². The van der Waals surface area contributed by atoms with Gasteiger partial charge in [-0.25, -0.2) is 0 Å². The van der Waals surface area contributed by atoms with Gasteiger partial charge in [-0.2, -0.15) is 4.98 Å². The van der Waals surface area contributed by atoms with Crippen molar-refractivity contribution in [1.29, 1.82) is 0 Å². The van der Waals surface area contributed by atoms with E-state index in [1.54, 1.807) is 0 Å². The van der Waals surface area contributed by atoms with E-state index in [0.29, 0.717) is 0 Å². The molecule has 0 N–H and O–H groups in total. The lowest BCUT2D eigenvalue weighted by molar-refractivity contribution is 0.161.